The highest BCUT2D eigenvalue weighted by molar-refractivity contribution is 6.36. The SMILES string of the molecule is CCNC(=O)C(CC)N(Cc1c(Cl)cccc1Cl)C(=O)Cc1ccccc1F. The fourth-order valence-corrected chi connectivity index (χ4v) is 3.49. The summed E-state index contributed by atoms with van der Waals surface area (Å²) in [5.41, 5.74) is 0.823. The van der Waals surface area contributed by atoms with Crippen LogP contribution in [0.3, 0.4) is 0 Å². The maximum atomic E-state index is 14.0. The number of hydrogen-bond donors (Lipinski definition) is 1. The van der Waals surface area contributed by atoms with Crippen LogP contribution in [0.2, 0.25) is 10.0 Å². The molecule has 0 radical (unpaired) electrons. The van der Waals surface area contributed by atoms with E-state index in [0.717, 1.165) is 0 Å². The van der Waals surface area contributed by atoms with Gasteiger partial charge in [-0.2, -0.15) is 0 Å². The van der Waals surface area contributed by atoms with Crippen LogP contribution in [0.15, 0.2) is 42.5 Å². The molecule has 0 fully saturated rings. The fourth-order valence-electron chi connectivity index (χ4n) is 2.97. The van der Waals surface area contributed by atoms with Gasteiger partial charge in [0.1, 0.15) is 11.9 Å². The Bertz CT molecular complexity index is 825. The van der Waals surface area contributed by atoms with Crippen molar-refractivity contribution in [1.82, 2.24) is 10.2 Å². The van der Waals surface area contributed by atoms with Crippen molar-refractivity contribution in [3.05, 3.63) is 69.5 Å². The zero-order valence-corrected chi connectivity index (χ0v) is 17.4. The van der Waals surface area contributed by atoms with Crippen molar-refractivity contribution in [2.45, 2.75) is 39.3 Å². The number of carbonyl (C=O) groups is 2. The van der Waals surface area contributed by atoms with Crippen LogP contribution in [0, 0.1) is 5.82 Å². The number of halogens is 3. The number of amides is 2. The Kier molecular flexibility index (Phi) is 8.27. The van der Waals surface area contributed by atoms with Crippen molar-refractivity contribution in [3.8, 4) is 0 Å². The number of likely N-dealkylation sites (N-methyl/N-ethyl adjacent to an activating group) is 1. The van der Waals surface area contributed by atoms with Gasteiger partial charge < -0.3 is 10.2 Å². The molecule has 0 saturated carbocycles. The van der Waals surface area contributed by atoms with E-state index in [2.05, 4.69) is 5.32 Å². The van der Waals surface area contributed by atoms with Gasteiger partial charge in [0, 0.05) is 28.7 Å². The molecular weight excluding hydrogens is 402 g/mol. The molecule has 150 valence electrons. The number of nitrogens with zero attached hydrogens (tertiary/aromatic N) is 1. The normalized spacial score (nSPS) is 11.8. The van der Waals surface area contributed by atoms with E-state index in [4.69, 9.17) is 23.2 Å². The van der Waals surface area contributed by atoms with Gasteiger partial charge in [0.15, 0.2) is 0 Å². The summed E-state index contributed by atoms with van der Waals surface area (Å²) in [6.45, 7) is 4.12. The zero-order chi connectivity index (χ0) is 20.7. The summed E-state index contributed by atoms with van der Waals surface area (Å²) in [5, 5.41) is 3.56. The summed E-state index contributed by atoms with van der Waals surface area (Å²) in [7, 11) is 0. The first kappa shape index (κ1) is 22.2. The van der Waals surface area contributed by atoms with Crippen LogP contribution in [0.5, 0.6) is 0 Å². The molecule has 0 aliphatic heterocycles. The Labute approximate surface area is 174 Å². The fraction of sp³-hybridized carbons (Fsp3) is 0.333. The molecule has 1 atom stereocenters. The number of benzene rings is 2. The molecule has 4 nitrogen and oxygen atoms in total. The first-order valence-electron chi connectivity index (χ1n) is 9.12. The van der Waals surface area contributed by atoms with Crippen LogP contribution in [-0.2, 0) is 22.6 Å². The molecule has 0 aromatic heterocycles. The number of nitrogens with one attached hydrogen (secondary N) is 1. The van der Waals surface area contributed by atoms with Gasteiger partial charge in [0.05, 0.1) is 6.42 Å². The lowest BCUT2D eigenvalue weighted by Crippen LogP contribution is -2.49. The molecule has 2 aromatic rings. The number of hydrogen-bond acceptors (Lipinski definition) is 2. The Hall–Kier alpha value is -2.11. The molecular formula is C21H23Cl2FN2O2. The average molecular weight is 425 g/mol. The molecule has 0 aliphatic rings. The van der Waals surface area contributed by atoms with Crippen molar-refractivity contribution in [1.29, 1.82) is 0 Å². The van der Waals surface area contributed by atoms with E-state index in [9.17, 15) is 14.0 Å². The second-order valence-electron chi connectivity index (χ2n) is 6.31. The highest BCUT2D eigenvalue weighted by Crippen LogP contribution is 2.27. The molecule has 7 heteroatoms. The lowest BCUT2D eigenvalue weighted by molar-refractivity contribution is -0.140. The summed E-state index contributed by atoms with van der Waals surface area (Å²) >= 11 is 12.5. The molecule has 0 spiro atoms. The zero-order valence-electron chi connectivity index (χ0n) is 15.8. The van der Waals surface area contributed by atoms with Crippen molar-refractivity contribution in [2.24, 2.45) is 0 Å². The number of carbonyl (C=O) groups excluding carboxylic acids is 2. The van der Waals surface area contributed by atoms with Gasteiger partial charge >= 0.3 is 0 Å². The largest absolute Gasteiger partial charge is 0.355 e. The van der Waals surface area contributed by atoms with Gasteiger partial charge in [-0.3, -0.25) is 9.59 Å². The average Bonchev–Trinajstić information content (AvgIpc) is 2.66. The smallest absolute Gasteiger partial charge is 0.242 e. The standard InChI is InChI=1S/C21H23Cl2FN2O2/c1-3-19(21(28)25-4-2)26(13-15-16(22)9-7-10-17(15)23)20(27)12-14-8-5-6-11-18(14)24/h5-11,19H,3-4,12-13H2,1-2H3,(H,25,28). The van der Waals surface area contributed by atoms with E-state index in [1.807, 2.05) is 6.92 Å². The monoisotopic (exact) mass is 424 g/mol. The Morgan fingerprint density at radius 3 is 2.29 bits per heavy atom. The van der Waals surface area contributed by atoms with Gasteiger partial charge in [-0.05, 0) is 37.1 Å². The van der Waals surface area contributed by atoms with E-state index in [1.54, 1.807) is 43.3 Å². The Balaban J connectivity index is 2.38. The molecule has 2 rings (SSSR count). The van der Waals surface area contributed by atoms with Crippen molar-refractivity contribution < 1.29 is 14.0 Å². The first-order chi connectivity index (χ1) is 13.4. The van der Waals surface area contributed by atoms with E-state index in [1.165, 1.54) is 11.0 Å². The topological polar surface area (TPSA) is 49.4 Å². The maximum Gasteiger partial charge on any atom is 0.242 e. The van der Waals surface area contributed by atoms with Crippen LogP contribution < -0.4 is 5.32 Å². The summed E-state index contributed by atoms with van der Waals surface area (Å²) in [6.07, 6.45) is 0.238. The van der Waals surface area contributed by atoms with Crippen LogP contribution >= 0.6 is 23.2 Å². The van der Waals surface area contributed by atoms with Crippen LogP contribution in [0.4, 0.5) is 4.39 Å². The highest BCUT2D eigenvalue weighted by Gasteiger charge is 2.29. The minimum absolute atomic E-state index is 0.0570. The van der Waals surface area contributed by atoms with E-state index in [-0.39, 0.29) is 30.3 Å². The number of rotatable bonds is 8. The second-order valence-corrected chi connectivity index (χ2v) is 7.12. The molecule has 1 N–H and O–H groups in total. The third-order valence-corrected chi connectivity index (χ3v) is 5.13. The molecule has 1 unspecified atom stereocenters. The van der Waals surface area contributed by atoms with Crippen molar-refractivity contribution in [2.75, 3.05) is 6.54 Å². The third kappa shape index (κ3) is 5.46. The Morgan fingerprint density at radius 2 is 1.71 bits per heavy atom. The summed E-state index contributed by atoms with van der Waals surface area (Å²) < 4.78 is 14.0. The van der Waals surface area contributed by atoms with E-state index in [0.29, 0.717) is 28.6 Å². The van der Waals surface area contributed by atoms with Gasteiger partial charge in [0.2, 0.25) is 11.8 Å². The third-order valence-electron chi connectivity index (χ3n) is 4.43. The Morgan fingerprint density at radius 1 is 1.07 bits per heavy atom. The predicted octanol–water partition coefficient (Wildman–Crippen LogP) is 4.62. The van der Waals surface area contributed by atoms with Gasteiger partial charge in [-0.25, -0.2) is 4.39 Å². The van der Waals surface area contributed by atoms with Gasteiger partial charge in [-0.1, -0.05) is 54.4 Å². The van der Waals surface area contributed by atoms with Crippen LogP contribution in [0.25, 0.3) is 0 Å². The molecule has 2 aromatic carbocycles. The molecule has 0 bridgehead atoms. The summed E-state index contributed by atoms with van der Waals surface area (Å²) in [6, 6.07) is 10.4. The van der Waals surface area contributed by atoms with Gasteiger partial charge in [-0.15, -0.1) is 0 Å². The quantitative estimate of drug-likeness (QED) is 0.671. The van der Waals surface area contributed by atoms with Crippen molar-refractivity contribution in [3.63, 3.8) is 0 Å². The van der Waals surface area contributed by atoms with E-state index < -0.39 is 11.9 Å². The molecule has 0 aliphatic carbocycles. The minimum Gasteiger partial charge on any atom is -0.355 e. The summed E-state index contributed by atoms with van der Waals surface area (Å²) in [4.78, 5) is 27.1. The highest BCUT2D eigenvalue weighted by atomic mass is 35.5. The molecule has 2 amide bonds. The lowest BCUT2D eigenvalue weighted by atomic mass is 10.1. The molecule has 28 heavy (non-hydrogen) atoms. The summed E-state index contributed by atoms with van der Waals surface area (Å²) in [5.74, 6) is -1.10. The maximum absolute atomic E-state index is 14.0. The van der Waals surface area contributed by atoms with Crippen LogP contribution in [0.1, 0.15) is 31.4 Å². The molecule has 0 saturated heterocycles. The first-order valence-corrected chi connectivity index (χ1v) is 9.88. The second kappa shape index (κ2) is 10.4. The minimum atomic E-state index is -0.716. The molecule has 0 heterocycles. The predicted molar refractivity (Wildman–Crippen MR) is 110 cm³/mol. The van der Waals surface area contributed by atoms with Gasteiger partial charge in [0.25, 0.3) is 0 Å². The van der Waals surface area contributed by atoms with Crippen LogP contribution in [-0.4, -0.2) is 29.3 Å². The lowest BCUT2D eigenvalue weighted by Gasteiger charge is -2.31. The van der Waals surface area contributed by atoms with Crippen molar-refractivity contribution >= 4 is 35.0 Å². The van der Waals surface area contributed by atoms with E-state index >= 15 is 0 Å².